The van der Waals surface area contributed by atoms with Crippen LogP contribution in [0.2, 0.25) is 0 Å². The summed E-state index contributed by atoms with van der Waals surface area (Å²) in [5.41, 5.74) is 0.759. The van der Waals surface area contributed by atoms with Crippen LogP contribution in [0.15, 0.2) is 23.2 Å². The third kappa shape index (κ3) is 5.91. The number of unbranched alkanes of at least 4 members (excludes halogenated alkanes) is 3. The van der Waals surface area contributed by atoms with Gasteiger partial charge in [0.25, 0.3) is 0 Å². The van der Waals surface area contributed by atoms with Crippen molar-refractivity contribution < 1.29 is 9.50 Å². The molecule has 0 aliphatic heterocycles. The predicted molar refractivity (Wildman–Crippen MR) is 80.4 cm³/mol. The van der Waals surface area contributed by atoms with Gasteiger partial charge in [0.1, 0.15) is 0 Å². The first-order chi connectivity index (χ1) is 9.67. The molecule has 0 aliphatic carbocycles. The van der Waals surface area contributed by atoms with Crippen LogP contribution in [0.4, 0.5) is 4.39 Å². The number of hydrogen-bond donors (Lipinski definition) is 3. The summed E-state index contributed by atoms with van der Waals surface area (Å²) < 4.78 is 13.2. The lowest BCUT2D eigenvalue weighted by Gasteiger charge is -2.12. The summed E-state index contributed by atoms with van der Waals surface area (Å²) in [4.78, 5) is 4.11. The minimum absolute atomic E-state index is 0.327. The first-order valence-electron chi connectivity index (χ1n) is 7.09. The Bertz CT molecular complexity index is 435. The van der Waals surface area contributed by atoms with Crippen molar-refractivity contribution in [2.45, 2.75) is 39.2 Å². The van der Waals surface area contributed by atoms with Gasteiger partial charge in [-0.2, -0.15) is 0 Å². The van der Waals surface area contributed by atoms with E-state index in [0.29, 0.717) is 12.5 Å². The normalized spacial score (nSPS) is 11.4. The van der Waals surface area contributed by atoms with Gasteiger partial charge >= 0.3 is 0 Å². The predicted octanol–water partition coefficient (Wildman–Crippen LogP) is 2.78. The SMILES string of the molecule is CCCCCCNC(=NC)NCc1ccc(O)c(F)c1. The molecule has 0 aliphatic rings. The molecule has 1 aromatic rings. The van der Waals surface area contributed by atoms with Crippen molar-refractivity contribution in [3.63, 3.8) is 0 Å². The molecule has 0 aromatic heterocycles. The average Bonchev–Trinajstić information content (AvgIpc) is 2.45. The summed E-state index contributed by atoms with van der Waals surface area (Å²) in [5, 5.41) is 15.5. The van der Waals surface area contributed by atoms with E-state index in [0.717, 1.165) is 18.5 Å². The number of phenolic OH excluding ortho intramolecular Hbond substituents is 1. The molecule has 1 aromatic carbocycles. The number of benzene rings is 1. The maximum atomic E-state index is 13.2. The summed E-state index contributed by atoms with van der Waals surface area (Å²) in [6.07, 6.45) is 4.80. The molecule has 0 heterocycles. The van der Waals surface area contributed by atoms with Crippen LogP contribution >= 0.6 is 0 Å². The number of phenols is 1. The highest BCUT2D eigenvalue weighted by Crippen LogP contribution is 2.15. The summed E-state index contributed by atoms with van der Waals surface area (Å²) in [7, 11) is 1.71. The van der Waals surface area contributed by atoms with Crippen molar-refractivity contribution in [1.29, 1.82) is 0 Å². The summed E-state index contributed by atoms with van der Waals surface area (Å²) in [6, 6.07) is 4.35. The van der Waals surface area contributed by atoms with E-state index < -0.39 is 5.82 Å². The molecule has 0 unspecified atom stereocenters. The van der Waals surface area contributed by atoms with Crippen LogP contribution in [0.3, 0.4) is 0 Å². The Hall–Kier alpha value is -1.78. The largest absolute Gasteiger partial charge is 0.505 e. The fourth-order valence-corrected chi connectivity index (χ4v) is 1.83. The van der Waals surface area contributed by atoms with Gasteiger partial charge in [-0.1, -0.05) is 32.3 Å². The van der Waals surface area contributed by atoms with E-state index in [4.69, 9.17) is 5.11 Å². The Morgan fingerprint density at radius 2 is 2.05 bits per heavy atom. The zero-order chi connectivity index (χ0) is 14.8. The second kappa shape index (κ2) is 9.18. The van der Waals surface area contributed by atoms with E-state index in [1.54, 1.807) is 13.1 Å². The van der Waals surface area contributed by atoms with E-state index >= 15 is 0 Å². The number of halogens is 1. The molecular weight excluding hydrogens is 257 g/mol. The summed E-state index contributed by atoms with van der Waals surface area (Å²) in [6.45, 7) is 3.53. The number of rotatable bonds is 7. The molecule has 5 heteroatoms. The highest BCUT2D eigenvalue weighted by atomic mass is 19.1. The van der Waals surface area contributed by atoms with Gasteiger partial charge in [0.05, 0.1) is 0 Å². The maximum Gasteiger partial charge on any atom is 0.191 e. The highest BCUT2D eigenvalue weighted by molar-refractivity contribution is 5.79. The monoisotopic (exact) mass is 281 g/mol. The van der Waals surface area contributed by atoms with Crippen molar-refractivity contribution in [3.05, 3.63) is 29.6 Å². The van der Waals surface area contributed by atoms with E-state index in [1.807, 2.05) is 0 Å². The quantitative estimate of drug-likeness (QED) is 0.409. The molecule has 0 amide bonds. The molecule has 4 nitrogen and oxygen atoms in total. The second-order valence-corrected chi connectivity index (χ2v) is 4.70. The van der Waals surface area contributed by atoms with Crippen LogP contribution in [0.5, 0.6) is 5.75 Å². The van der Waals surface area contributed by atoms with Gasteiger partial charge in [-0.25, -0.2) is 4.39 Å². The first-order valence-corrected chi connectivity index (χ1v) is 7.09. The van der Waals surface area contributed by atoms with Gasteiger partial charge in [0.2, 0.25) is 0 Å². The number of aliphatic imine (C=N–C) groups is 1. The molecule has 0 bridgehead atoms. The van der Waals surface area contributed by atoms with Gasteiger partial charge in [-0.3, -0.25) is 4.99 Å². The Labute approximate surface area is 120 Å². The highest BCUT2D eigenvalue weighted by Gasteiger charge is 2.02. The smallest absolute Gasteiger partial charge is 0.191 e. The molecule has 112 valence electrons. The van der Waals surface area contributed by atoms with Crippen LogP contribution < -0.4 is 10.6 Å². The Balaban J connectivity index is 2.32. The molecule has 20 heavy (non-hydrogen) atoms. The molecule has 0 saturated carbocycles. The zero-order valence-corrected chi connectivity index (χ0v) is 12.2. The van der Waals surface area contributed by atoms with E-state index in [2.05, 4.69) is 22.5 Å². The third-order valence-electron chi connectivity index (χ3n) is 3.02. The fraction of sp³-hybridized carbons (Fsp3) is 0.533. The van der Waals surface area contributed by atoms with Crippen LogP contribution in [0, 0.1) is 5.82 Å². The van der Waals surface area contributed by atoms with E-state index in [9.17, 15) is 4.39 Å². The fourth-order valence-electron chi connectivity index (χ4n) is 1.83. The maximum absolute atomic E-state index is 13.2. The Morgan fingerprint density at radius 3 is 2.70 bits per heavy atom. The van der Waals surface area contributed by atoms with Crippen molar-refractivity contribution in [2.75, 3.05) is 13.6 Å². The van der Waals surface area contributed by atoms with Crippen molar-refractivity contribution in [3.8, 4) is 5.75 Å². The lowest BCUT2D eigenvalue weighted by atomic mass is 10.2. The molecule has 0 radical (unpaired) electrons. The minimum atomic E-state index is -0.605. The number of nitrogens with one attached hydrogen (secondary N) is 2. The molecule has 0 atom stereocenters. The lowest BCUT2D eigenvalue weighted by Crippen LogP contribution is -2.37. The van der Waals surface area contributed by atoms with Gasteiger partial charge in [0, 0.05) is 20.1 Å². The van der Waals surface area contributed by atoms with Crippen LogP contribution in [-0.4, -0.2) is 24.7 Å². The van der Waals surface area contributed by atoms with Gasteiger partial charge in [-0.15, -0.1) is 0 Å². The number of hydrogen-bond acceptors (Lipinski definition) is 2. The topological polar surface area (TPSA) is 56.7 Å². The van der Waals surface area contributed by atoms with Crippen LogP contribution in [0.25, 0.3) is 0 Å². The molecule has 0 fully saturated rings. The number of guanidine groups is 1. The van der Waals surface area contributed by atoms with Crippen LogP contribution in [0.1, 0.15) is 38.2 Å². The van der Waals surface area contributed by atoms with E-state index in [1.165, 1.54) is 31.4 Å². The van der Waals surface area contributed by atoms with Crippen molar-refractivity contribution in [2.24, 2.45) is 4.99 Å². The molecule has 0 saturated heterocycles. The number of nitrogens with zero attached hydrogens (tertiary/aromatic N) is 1. The summed E-state index contributed by atoms with van der Waals surface area (Å²) >= 11 is 0. The first kappa shape index (κ1) is 16.3. The zero-order valence-electron chi connectivity index (χ0n) is 12.2. The molecule has 0 spiro atoms. The molecule has 1 rings (SSSR count). The van der Waals surface area contributed by atoms with Gasteiger partial charge in [0.15, 0.2) is 17.5 Å². The average molecular weight is 281 g/mol. The third-order valence-corrected chi connectivity index (χ3v) is 3.02. The number of aromatic hydroxyl groups is 1. The Morgan fingerprint density at radius 1 is 1.25 bits per heavy atom. The standard InChI is InChI=1S/C15H24FN3O/c1-3-4-5-6-9-18-15(17-2)19-11-12-7-8-14(20)13(16)10-12/h7-8,10,20H,3-6,9,11H2,1-2H3,(H2,17,18,19). The lowest BCUT2D eigenvalue weighted by molar-refractivity contribution is 0.431. The van der Waals surface area contributed by atoms with Gasteiger partial charge < -0.3 is 15.7 Å². The van der Waals surface area contributed by atoms with E-state index in [-0.39, 0.29) is 5.75 Å². The molecule has 3 N–H and O–H groups in total. The van der Waals surface area contributed by atoms with Gasteiger partial charge in [-0.05, 0) is 24.1 Å². The van der Waals surface area contributed by atoms with Crippen LogP contribution in [-0.2, 0) is 6.54 Å². The molecular formula is C15H24FN3O. The summed E-state index contributed by atoms with van der Waals surface area (Å²) in [5.74, 6) is -0.228. The second-order valence-electron chi connectivity index (χ2n) is 4.70. The van der Waals surface area contributed by atoms with Crippen molar-refractivity contribution >= 4 is 5.96 Å². The minimum Gasteiger partial charge on any atom is -0.505 e. The Kier molecular flexibility index (Phi) is 7.47. The van der Waals surface area contributed by atoms with Crippen molar-refractivity contribution in [1.82, 2.24) is 10.6 Å².